The first-order chi connectivity index (χ1) is 9.39. The molecule has 0 fully saturated rings. The maximum atomic E-state index is 10.7. The molecule has 0 saturated heterocycles. The fraction of sp³-hybridized carbons (Fsp3) is 0.0769. The monoisotopic (exact) mass is 330 g/mol. The number of hydrogen-bond acceptors (Lipinski definition) is 3. The largest absolute Gasteiger partial charge is 0.297 e. The summed E-state index contributed by atoms with van der Waals surface area (Å²) in [6.45, 7) is 0. The second kappa shape index (κ2) is 5.87. The van der Waals surface area contributed by atoms with Crippen molar-refractivity contribution < 1.29 is 4.92 Å². The Kier molecular flexibility index (Phi) is 4.38. The normalized spacial score (nSPS) is 11.2. The minimum atomic E-state index is -1.71. The molecule has 0 aliphatic heterocycles. The summed E-state index contributed by atoms with van der Waals surface area (Å²) in [6, 6.07) is 14.8. The second-order valence-corrected chi connectivity index (χ2v) is 6.13. The molecule has 0 unspecified atom stereocenters. The van der Waals surface area contributed by atoms with Crippen LogP contribution < -0.4 is 4.90 Å². The Balaban J connectivity index is 2.45. The zero-order valence-electron chi connectivity index (χ0n) is 10.0. The molecular formula is C13H9Cl3N2O2. The maximum Gasteiger partial charge on any atom is 0.272 e. The summed E-state index contributed by atoms with van der Waals surface area (Å²) in [5, 5.41) is 10.7. The topological polar surface area (TPSA) is 46.4 Å². The average Bonchev–Trinajstić information content (AvgIpc) is 2.39. The number of anilines is 2. The van der Waals surface area contributed by atoms with E-state index in [4.69, 9.17) is 34.8 Å². The van der Waals surface area contributed by atoms with Gasteiger partial charge in [-0.1, -0.05) is 53.0 Å². The van der Waals surface area contributed by atoms with E-state index in [2.05, 4.69) is 0 Å². The van der Waals surface area contributed by atoms with E-state index in [0.717, 1.165) is 0 Å². The van der Waals surface area contributed by atoms with Crippen molar-refractivity contribution in [3.63, 3.8) is 0 Å². The molecule has 104 valence electrons. The van der Waals surface area contributed by atoms with Crippen LogP contribution in [0, 0.1) is 10.1 Å². The van der Waals surface area contributed by atoms with Crippen LogP contribution in [0.4, 0.5) is 17.1 Å². The number of halogens is 3. The van der Waals surface area contributed by atoms with E-state index in [9.17, 15) is 10.1 Å². The van der Waals surface area contributed by atoms with E-state index in [0.29, 0.717) is 11.4 Å². The molecule has 2 aromatic carbocycles. The van der Waals surface area contributed by atoms with E-state index in [1.807, 2.05) is 18.2 Å². The molecule has 20 heavy (non-hydrogen) atoms. The van der Waals surface area contributed by atoms with Crippen LogP contribution >= 0.6 is 34.8 Å². The minimum absolute atomic E-state index is 0.0221. The minimum Gasteiger partial charge on any atom is -0.297 e. The third kappa shape index (κ3) is 3.33. The van der Waals surface area contributed by atoms with Crippen molar-refractivity contribution in [1.82, 2.24) is 0 Å². The molecule has 0 aliphatic carbocycles. The molecule has 0 bridgehead atoms. The van der Waals surface area contributed by atoms with Crippen molar-refractivity contribution in [2.75, 3.05) is 4.90 Å². The molecule has 7 heteroatoms. The molecule has 0 atom stereocenters. The van der Waals surface area contributed by atoms with Crippen molar-refractivity contribution in [2.24, 2.45) is 0 Å². The second-order valence-electron chi connectivity index (χ2n) is 3.91. The van der Waals surface area contributed by atoms with Crippen LogP contribution in [0.15, 0.2) is 54.6 Å². The highest BCUT2D eigenvalue weighted by Crippen LogP contribution is 2.41. The van der Waals surface area contributed by atoms with Gasteiger partial charge in [-0.25, -0.2) is 0 Å². The summed E-state index contributed by atoms with van der Waals surface area (Å²) in [6.07, 6.45) is 0. The van der Waals surface area contributed by atoms with Crippen molar-refractivity contribution in [1.29, 1.82) is 0 Å². The third-order valence-corrected chi connectivity index (χ3v) is 3.09. The predicted octanol–water partition coefficient (Wildman–Crippen LogP) is 5.06. The van der Waals surface area contributed by atoms with Crippen molar-refractivity contribution in [2.45, 2.75) is 3.92 Å². The van der Waals surface area contributed by atoms with Crippen LogP contribution in [0.2, 0.25) is 0 Å². The summed E-state index contributed by atoms with van der Waals surface area (Å²) in [5.41, 5.74) is 1.19. The van der Waals surface area contributed by atoms with Gasteiger partial charge in [0.25, 0.3) is 9.60 Å². The molecule has 0 amide bonds. The Labute approximate surface area is 130 Å². The SMILES string of the molecule is O=[N+]([O-])c1ccc(N(c2ccccc2)C(Cl)(Cl)Cl)cc1. The number of alkyl halides is 3. The molecule has 2 rings (SSSR count). The van der Waals surface area contributed by atoms with Gasteiger partial charge in [0, 0.05) is 23.5 Å². The molecule has 0 spiro atoms. The summed E-state index contributed by atoms with van der Waals surface area (Å²) in [4.78, 5) is 11.6. The molecule has 0 N–H and O–H groups in total. The van der Waals surface area contributed by atoms with Crippen molar-refractivity contribution in [3.8, 4) is 0 Å². The van der Waals surface area contributed by atoms with Gasteiger partial charge in [0.05, 0.1) is 4.92 Å². The number of nitro groups is 1. The number of para-hydroxylation sites is 1. The van der Waals surface area contributed by atoms with E-state index >= 15 is 0 Å². The highest BCUT2D eigenvalue weighted by atomic mass is 35.6. The predicted molar refractivity (Wildman–Crippen MR) is 82.0 cm³/mol. The quantitative estimate of drug-likeness (QED) is 0.342. The zero-order valence-corrected chi connectivity index (χ0v) is 12.3. The highest BCUT2D eigenvalue weighted by molar-refractivity contribution is 6.69. The van der Waals surface area contributed by atoms with Gasteiger partial charge in [0.1, 0.15) is 0 Å². The zero-order chi connectivity index (χ0) is 14.8. The number of rotatable bonds is 3. The van der Waals surface area contributed by atoms with E-state index in [1.165, 1.54) is 29.2 Å². The standard InChI is InChI=1S/C13H9Cl3N2O2/c14-13(15,16)17(10-4-2-1-3-5-10)11-6-8-12(9-7-11)18(19)20/h1-9H. The van der Waals surface area contributed by atoms with Gasteiger partial charge in [-0.2, -0.15) is 0 Å². The first-order valence-electron chi connectivity index (χ1n) is 5.56. The lowest BCUT2D eigenvalue weighted by molar-refractivity contribution is -0.384. The summed E-state index contributed by atoms with van der Waals surface area (Å²) >= 11 is 18.0. The van der Waals surface area contributed by atoms with Crippen LogP contribution in [0.3, 0.4) is 0 Å². The van der Waals surface area contributed by atoms with Gasteiger partial charge < -0.3 is 0 Å². The fourth-order valence-corrected chi connectivity index (χ4v) is 2.33. The first-order valence-corrected chi connectivity index (χ1v) is 6.69. The summed E-state index contributed by atoms with van der Waals surface area (Å²) in [5.74, 6) is 0. The molecular weight excluding hydrogens is 323 g/mol. The van der Waals surface area contributed by atoms with Gasteiger partial charge in [0.15, 0.2) is 0 Å². The highest BCUT2D eigenvalue weighted by Gasteiger charge is 2.31. The fourth-order valence-electron chi connectivity index (χ4n) is 1.74. The Bertz CT molecular complexity index is 597. The van der Waals surface area contributed by atoms with Gasteiger partial charge in [-0.3, -0.25) is 15.0 Å². The Hall–Kier alpha value is -1.49. The van der Waals surface area contributed by atoms with Gasteiger partial charge in [-0.05, 0) is 24.3 Å². The Morgan fingerprint density at radius 3 is 1.85 bits per heavy atom. The maximum absolute atomic E-state index is 10.7. The molecule has 0 saturated carbocycles. The lowest BCUT2D eigenvalue weighted by atomic mass is 10.2. The molecule has 0 heterocycles. The number of nitrogens with zero attached hydrogens (tertiary/aromatic N) is 2. The lowest BCUT2D eigenvalue weighted by Crippen LogP contribution is -2.30. The van der Waals surface area contributed by atoms with Gasteiger partial charge in [-0.15, -0.1) is 0 Å². The van der Waals surface area contributed by atoms with Crippen LogP contribution in [0.1, 0.15) is 0 Å². The first kappa shape index (κ1) is 14.9. The van der Waals surface area contributed by atoms with Gasteiger partial charge in [0.2, 0.25) is 0 Å². The summed E-state index contributed by atoms with van der Waals surface area (Å²) in [7, 11) is 0. The number of hydrogen-bond donors (Lipinski definition) is 0. The third-order valence-electron chi connectivity index (χ3n) is 2.59. The Morgan fingerprint density at radius 1 is 0.900 bits per heavy atom. The smallest absolute Gasteiger partial charge is 0.272 e. The van der Waals surface area contributed by atoms with Crippen molar-refractivity contribution >= 4 is 51.9 Å². The van der Waals surface area contributed by atoms with Crippen LogP contribution in [-0.2, 0) is 0 Å². The number of non-ortho nitro benzene ring substituents is 1. The van der Waals surface area contributed by atoms with E-state index < -0.39 is 8.84 Å². The molecule has 0 aliphatic rings. The van der Waals surface area contributed by atoms with E-state index in [-0.39, 0.29) is 5.69 Å². The molecule has 4 nitrogen and oxygen atoms in total. The number of benzene rings is 2. The Morgan fingerprint density at radius 2 is 1.40 bits per heavy atom. The molecule has 0 radical (unpaired) electrons. The van der Waals surface area contributed by atoms with Crippen LogP contribution in [0.5, 0.6) is 0 Å². The van der Waals surface area contributed by atoms with Crippen LogP contribution in [0.25, 0.3) is 0 Å². The average molecular weight is 332 g/mol. The molecule has 0 aromatic heterocycles. The lowest BCUT2D eigenvalue weighted by Gasteiger charge is -2.31. The van der Waals surface area contributed by atoms with Crippen LogP contribution in [-0.4, -0.2) is 8.84 Å². The summed E-state index contributed by atoms with van der Waals surface area (Å²) < 4.78 is -1.71. The molecule has 2 aromatic rings. The number of nitro benzene ring substituents is 1. The van der Waals surface area contributed by atoms with Gasteiger partial charge >= 0.3 is 0 Å². The van der Waals surface area contributed by atoms with E-state index in [1.54, 1.807) is 12.1 Å². The van der Waals surface area contributed by atoms with Crippen molar-refractivity contribution in [3.05, 3.63) is 64.7 Å².